The van der Waals surface area contributed by atoms with Gasteiger partial charge in [-0.05, 0) is 25.5 Å². The van der Waals surface area contributed by atoms with Gasteiger partial charge in [0, 0.05) is 18.2 Å². The van der Waals surface area contributed by atoms with Crippen molar-refractivity contribution in [3.05, 3.63) is 34.9 Å². The summed E-state index contributed by atoms with van der Waals surface area (Å²) in [6.07, 6.45) is -0.449. The first-order chi connectivity index (χ1) is 8.24. The van der Waals surface area contributed by atoms with E-state index in [1.54, 1.807) is 0 Å². The van der Waals surface area contributed by atoms with Crippen LogP contribution in [0.15, 0.2) is 24.3 Å². The number of hydrogen-bond acceptors (Lipinski definition) is 4. The molecule has 3 N–H and O–H groups in total. The monoisotopic (exact) mass is 258 g/mol. The van der Waals surface area contributed by atoms with E-state index in [-0.39, 0.29) is 6.04 Å². The van der Waals surface area contributed by atoms with Crippen LogP contribution in [0.4, 0.5) is 0 Å². The molecule has 0 fully saturated rings. The Morgan fingerprint density at radius 2 is 1.82 bits per heavy atom. The largest absolute Gasteiger partial charge is 0.351 e. The van der Waals surface area contributed by atoms with Crippen molar-refractivity contribution in [2.24, 2.45) is 5.84 Å². The van der Waals surface area contributed by atoms with Gasteiger partial charge in [0.1, 0.15) is 0 Å². The molecular formula is C12H19ClN2O2. The molecule has 0 aliphatic carbocycles. The fourth-order valence-corrected chi connectivity index (χ4v) is 1.86. The third kappa shape index (κ3) is 3.94. The average Bonchev–Trinajstić information content (AvgIpc) is 2.33. The predicted molar refractivity (Wildman–Crippen MR) is 68.6 cm³/mol. The van der Waals surface area contributed by atoms with Crippen LogP contribution >= 0.6 is 11.6 Å². The van der Waals surface area contributed by atoms with E-state index in [2.05, 4.69) is 5.43 Å². The van der Waals surface area contributed by atoms with Crippen molar-refractivity contribution >= 4 is 11.6 Å². The second-order valence-corrected chi connectivity index (χ2v) is 3.85. The highest BCUT2D eigenvalue weighted by Gasteiger charge is 2.24. The lowest BCUT2D eigenvalue weighted by Gasteiger charge is -2.27. The fraction of sp³-hybridized carbons (Fsp3) is 0.500. The summed E-state index contributed by atoms with van der Waals surface area (Å²) in [5, 5.41) is 0.639. The van der Waals surface area contributed by atoms with Gasteiger partial charge in [-0.1, -0.05) is 29.8 Å². The van der Waals surface area contributed by atoms with E-state index in [9.17, 15) is 0 Å². The lowest BCUT2D eigenvalue weighted by atomic mass is 10.1. The molecule has 1 unspecified atom stereocenters. The van der Waals surface area contributed by atoms with Gasteiger partial charge in [-0.2, -0.15) is 0 Å². The molecule has 0 aliphatic heterocycles. The maximum Gasteiger partial charge on any atom is 0.178 e. The molecule has 17 heavy (non-hydrogen) atoms. The predicted octanol–water partition coefficient (Wildman–Crippen LogP) is 2.24. The summed E-state index contributed by atoms with van der Waals surface area (Å²) >= 11 is 6.14. The molecule has 0 saturated heterocycles. The van der Waals surface area contributed by atoms with E-state index in [0.29, 0.717) is 18.2 Å². The summed E-state index contributed by atoms with van der Waals surface area (Å²) in [6, 6.07) is 7.20. The zero-order chi connectivity index (χ0) is 12.7. The minimum atomic E-state index is -0.449. The maximum atomic E-state index is 6.14. The van der Waals surface area contributed by atoms with Crippen LogP contribution in [0.1, 0.15) is 25.5 Å². The molecule has 96 valence electrons. The zero-order valence-electron chi connectivity index (χ0n) is 10.2. The second-order valence-electron chi connectivity index (χ2n) is 3.44. The highest BCUT2D eigenvalue weighted by Crippen LogP contribution is 2.26. The molecule has 1 rings (SSSR count). The van der Waals surface area contributed by atoms with E-state index in [4.69, 9.17) is 26.9 Å². The van der Waals surface area contributed by atoms with Crippen molar-refractivity contribution < 1.29 is 9.47 Å². The molecule has 5 heteroatoms. The van der Waals surface area contributed by atoms with Gasteiger partial charge < -0.3 is 9.47 Å². The molecule has 0 saturated carbocycles. The van der Waals surface area contributed by atoms with Gasteiger partial charge in [0.15, 0.2) is 6.29 Å². The standard InChI is InChI=1S/C12H19ClN2O2/c1-3-16-12(17-4-2)11(15-14)9-7-5-6-8-10(9)13/h5-8,11-12,15H,3-4,14H2,1-2H3. The number of hydrogen-bond donors (Lipinski definition) is 2. The highest BCUT2D eigenvalue weighted by molar-refractivity contribution is 6.31. The van der Waals surface area contributed by atoms with Crippen LogP contribution in [0.3, 0.4) is 0 Å². The van der Waals surface area contributed by atoms with Crippen LogP contribution < -0.4 is 11.3 Å². The molecular weight excluding hydrogens is 240 g/mol. The average molecular weight is 259 g/mol. The van der Waals surface area contributed by atoms with Gasteiger partial charge in [0.05, 0.1) is 6.04 Å². The Bertz CT molecular complexity index is 330. The van der Waals surface area contributed by atoms with Crippen molar-refractivity contribution in [1.29, 1.82) is 0 Å². The Hall–Kier alpha value is -0.650. The van der Waals surface area contributed by atoms with Crippen molar-refractivity contribution in [2.75, 3.05) is 13.2 Å². The van der Waals surface area contributed by atoms with Crippen molar-refractivity contribution in [3.63, 3.8) is 0 Å². The van der Waals surface area contributed by atoms with E-state index < -0.39 is 6.29 Å². The van der Waals surface area contributed by atoms with Crippen LogP contribution in [-0.2, 0) is 9.47 Å². The molecule has 0 amide bonds. The number of nitrogens with two attached hydrogens (primary N) is 1. The number of hydrazine groups is 1. The lowest BCUT2D eigenvalue weighted by molar-refractivity contribution is -0.155. The van der Waals surface area contributed by atoms with Crippen molar-refractivity contribution in [2.45, 2.75) is 26.2 Å². The van der Waals surface area contributed by atoms with E-state index in [0.717, 1.165) is 5.56 Å². The van der Waals surface area contributed by atoms with Crippen LogP contribution in [-0.4, -0.2) is 19.5 Å². The smallest absolute Gasteiger partial charge is 0.178 e. The Morgan fingerprint density at radius 3 is 2.29 bits per heavy atom. The maximum absolute atomic E-state index is 6.14. The minimum absolute atomic E-state index is 0.288. The van der Waals surface area contributed by atoms with Gasteiger partial charge in [0.25, 0.3) is 0 Å². The van der Waals surface area contributed by atoms with Crippen LogP contribution in [0.25, 0.3) is 0 Å². The Labute approximate surface area is 107 Å². The van der Waals surface area contributed by atoms with Gasteiger partial charge in [-0.15, -0.1) is 0 Å². The molecule has 1 aromatic rings. The summed E-state index contributed by atoms with van der Waals surface area (Å²) in [4.78, 5) is 0. The number of nitrogens with one attached hydrogen (secondary N) is 1. The van der Waals surface area contributed by atoms with Crippen LogP contribution in [0.5, 0.6) is 0 Å². The Balaban J connectivity index is 2.91. The van der Waals surface area contributed by atoms with Gasteiger partial charge in [0.2, 0.25) is 0 Å². The molecule has 1 atom stereocenters. The first kappa shape index (κ1) is 14.4. The summed E-state index contributed by atoms with van der Waals surface area (Å²) in [5.74, 6) is 5.57. The number of halogens is 1. The summed E-state index contributed by atoms with van der Waals surface area (Å²) in [6.45, 7) is 4.92. The normalized spacial score (nSPS) is 13.0. The SMILES string of the molecule is CCOC(OCC)C(NN)c1ccccc1Cl. The third-order valence-corrected chi connectivity index (χ3v) is 2.70. The quantitative estimate of drug-likeness (QED) is 0.447. The molecule has 0 aliphatic rings. The molecule has 0 heterocycles. The van der Waals surface area contributed by atoms with Crippen LogP contribution in [0.2, 0.25) is 5.02 Å². The minimum Gasteiger partial charge on any atom is -0.351 e. The summed E-state index contributed by atoms with van der Waals surface area (Å²) in [7, 11) is 0. The molecule has 0 aromatic heterocycles. The van der Waals surface area contributed by atoms with Crippen LogP contribution in [0, 0.1) is 0 Å². The van der Waals surface area contributed by atoms with Crippen molar-refractivity contribution in [3.8, 4) is 0 Å². The van der Waals surface area contributed by atoms with Gasteiger partial charge in [-0.3, -0.25) is 5.84 Å². The second kappa shape index (κ2) is 7.63. The van der Waals surface area contributed by atoms with E-state index >= 15 is 0 Å². The fourth-order valence-electron chi connectivity index (χ4n) is 1.61. The molecule has 1 aromatic carbocycles. The number of ether oxygens (including phenoxy) is 2. The van der Waals surface area contributed by atoms with Crippen molar-refractivity contribution in [1.82, 2.24) is 5.43 Å². The van der Waals surface area contributed by atoms with E-state index in [1.165, 1.54) is 0 Å². The zero-order valence-corrected chi connectivity index (χ0v) is 10.9. The molecule has 4 nitrogen and oxygen atoms in total. The van der Waals surface area contributed by atoms with E-state index in [1.807, 2.05) is 38.1 Å². The Morgan fingerprint density at radius 1 is 1.24 bits per heavy atom. The summed E-state index contributed by atoms with van der Waals surface area (Å²) < 4.78 is 11.0. The topological polar surface area (TPSA) is 56.5 Å². The highest BCUT2D eigenvalue weighted by atomic mass is 35.5. The molecule has 0 spiro atoms. The third-order valence-electron chi connectivity index (χ3n) is 2.35. The van der Waals surface area contributed by atoms with Gasteiger partial charge >= 0.3 is 0 Å². The Kier molecular flexibility index (Phi) is 6.47. The molecule has 0 radical (unpaired) electrons. The lowest BCUT2D eigenvalue weighted by Crippen LogP contribution is -2.39. The first-order valence-corrected chi connectivity index (χ1v) is 6.06. The summed E-state index contributed by atoms with van der Waals surface area (Å²) in [5.41, 5.74) is 3.56. The molecule has 0 bridgehead atoms. The number of rotatable bonds is 7. The van der Waals surface area contributed by atoms with Gasteiger partial charge in [-0.25, -0.2) is 5.43 Å². The number of benzene rings is 1. The first-order valence-electron chi connectivity index (χ1n) is 5.68.